The van der Waals surface area contributed by atoms with Crippen LogP contribution in [0.2, 0.25) is 10.0 Å². The van der Waals surface area contributed by atoms with Crippen molar-refractivity contribution in [1.82, 2.24) is 9.97 Å². The highest BCUT2D eigenvalue weighted by Gasteiger charge is 2.32. The Morgan fingerprint density at radius 2 is 1.78 bits per heavy atom. The van der Waals surface area contributed by atoms with E-state index >= 15 is 0 Å². The van der Waals surface area contributed by atoms with E-state index in [0.29, 0.717) is 22.1 Å². The number of hydrogen-bond donors (Lipinski definition) is 3. The van der Waals surface area contributed by atoms with E-state index in [9.17, 15) is 18.0 Å². The first-order valence-electron chi connectivity index (χ1n) is 9.22. The number of quaternary nitrogens is 1. The highest BCUT2D eigenvalue weighted by Crippen LogP contribution is 2.28. The predicted octanol–water partition coefficient (Wildman–Crippen LogP) is 4.84. The lowest BCUT2D eigenvalue weighted by Crippen LogP contribution is -2.77. The van der Waals surface area contributed by atoms with E-state index < -0.39 is 17.8 Å². The van der Waals surface area contributed by atoms with Crippen LogP contribution in [0.5, 0.6) is 0 Å². The lowest BCUT2D eigenvalue weighted by atomic mass is 10.1. The minimum atomic E-state index is -4.51. The molecule has 0 atom stereocenters. The van der Waals surface area contributed by atoms with E-state index in [1.54, 1.807) is 29.6 Å². The van der Waals surface area contributed by atoms with Gasteiger partial charge in [-0.05, 0) is 43.3 Å². The molecule has 166 valence electrons. The highest BCUT2D eigenvalue weighted by atomic mass is 35.5. The number of pyridine rings is 2. The molecule has 32 heavy (non-hydrogen) atoms. The summed E-state index contributed by atoms with van der Waals surface area (Å²) in [6.45, 7) is 1.71. The van der Waals surface area contributed by atoms with Crippen LogP contribution in [0, 0.1) is 5.41 Å². The molecule has 1 aromatic carbocycles. The largest absolute Gasteiger partial charge is 0.433 e. The average Bonchev–Trinajstić information content (AvgIpc) is 2.73. The fourth-order valence-electron chi connectivity index (χ4n) is 2.83. The number of carbonyl (C=O) groups is 1. The molecule has 1 amide bonds. The Kier molecular flexibility index (Phi) is 7.12. The van der Waals surface area contributed by atoms with Crippen LogP contribution in [-0.4, -0.2) is 21.6 Å². The topological polar surface area (TPSA) is 95.3 Å². The van der Waals surface area contributed by atoms with Gasteiger partial charge in [-0.2, -0.15) is 13.2 Å². The van der Waals surface area contributed by atoms with Gasteiger partial charge in [0.05, 0.1) is 16.1 Å². The first-order valence-corrected chi connectivity index (χ1v) is 9.98. The second-order valence-corrected chi connectivity index (χ2v) is 7.60. The molecule has 6 nitrogen and oxygen atoms in total. The molecule has 0 saturated carbocycles. The minimum absolute atomic E-state index is 0.0516. The number of hydrogen-bond acceptors (Lipinski definition) is 4. The normalized spacial score (nSPS) is 11.3. The standard InChI is InChI=1S/C21H16Cl2F3N5O/c1-11(27)17-18(23)15(20(32)31-14-5-3-13(22)4-6-14)10-30-19(17)29-9-12-2-7-16(28-8-12)21(24,25)26/h2-8,10,27H,9H2,1H3,(H,29,30)(H,31,32)/p+1. The second-order valence-electron chi connectivity index (χ2n) is 6.79. The molecule has 0 bridgehead atoms. The maximum atomic E-state index is 12.7. The summed E-state index contributed by atoms with van der Waals surface area (Å²) in [5.41, 5.74) is 0.477. The Morgan fingerprint density at radius 3 is 2.34 bits per heavy atom. The molecule has 3 rings (SSSR count). The summed E-state index contributed by atoms with van der Waals surface area (Å²) in [5.74, 6) is -0.170. The van der Waals surface area contributed by atoms with Crippen LogP contribution in [0.25, 0.3) is 0 Å². The van der Waals surface area contributed by atoms with E-state index in [4.69, 9.17) is 28.6 Å². The number of amides is 1. The van der Waals surface area contributed by atoms with Crippen LogP contribution in [-0.2, 0) is 12.7 Å². The van der Waals surface area contributed by atoms with Gasteiger partial charge in [-0.25, -0.2) is 4.98 Å². The van der Waals surface area contributed by atoms with Crippen LogP contribution >= 0.6 is 23.2 Å². The third kappa shape index (κ3) is 5.61. The molecule has 0 spiro atoms. The molecule has 0 aliphatic rings. The third-order valence-corrected chi connectivity index (χ3v) is 5.06. The zero-order valence-electron chi connectivity index (χ0n) is 16.6. The quantitative estimate of drug-likeness (QED) is 0.438. The third-order valence-electron chi connectivity index (χ3n) is 4.41. The van der Waals surface area contributed by atoms with Gasteiger partial charge in [-0.3, -0.25) is 15.1 Å². The summed E-state index contributed by atoms with van der Waals surface area (Å²) in [5, 5.41) is 12.9. The van der Waals surface area contributed by atoms with E-state index in [1.165, 1.54) is 19.2 Å². The summed E-state index contributed by atoms with van der Waals surface area (Å²) < 4.78 is 38.0. The van der Waals surface area contributed by atoms with Gasteiger partial charge in [-0.1, -0.05) is 23.2 Å². The summed E-state index contributed by atoms with van der Waals surface area (Å²) in [4.78, 5) is 20.3. The SMILES string of the molecule is CC(=N)c1c([NH2+]Cc2ccc(C(F)(F)F)nc2)ncc(C(=O)Nc2ccc(Cl)cc2)c1Cl. The Bertz CT molecular complexity index is 1150. The number of benzene rings is 1. The zero-order valence-corrected chi connectivity index (χ0v) is 18.1. The van der Waals surface area contributed by atoms with Gasteiger partial charge in [0, 0.05) is 34.4 Å². The van der Waals surface area contributed by atoms with Crippen molar-refractivity contribution in [3.05, 3.63) is 81.2 Å². The van der Waals surface area contributed by atoms with Crippen molar-refractivity contribution in [3.8, 4) is 0 Å². The molecule has 0 aliphatic heterocycles. The molecule has 4 N–H and O–H groups in total. The summed E-state index contributed by atoms with van der Waals surface area (Å²) >= 11 is 12.3. The molecule has 0 fully saturated rings. The van der Waals surface area contributed by atoms with Gasteiger partial charge < -0.3 is 10.7 Å². The van der Waals surface area contributed by atoms with Crippen LogP contribution < -0.4 is 10.6 Å². The maximum Gasteiger partial charge on any atom is 0.433 e. The monoisotopic (exact) mass is 482 g/mol. The molecular weight excluding hydrogens is 466 g/mol. The van der Waals surface area contributed by atoms with Gasteiger partial charge >= 0.3 is 6.18 Å². The fraction of sp³-hybridized carbons (Fsp3) is 0.143. The first-order chi connectivity index (χ1) is 15.1. The fourth-order valence-corrected chi connectivity index (χ4v) is 3.33. The van der Waals surface area contributed by atoms with Crippen molar-refractivity contribution < 1.29 is 23.3 Å². The Balaban J connectivity index is 1.80. The van der Waals surface area contributed by atoms with Gasteiger partial charge in [0.25, 0.3) is 5.91 Å². The Labute approximate surface area is 191 Å². The number of nitrogens with zero attached hydrogens (tertiary/aromatic N) is 2. The van der Waals surface area contributed by atoms with Gasteiger partial charge in [0.15, 0.2) is 0 Å². The smallest absolute Gasteiger partial charge is 0.322 e. The molecule has 0 unspecified atom stereocenters. The van der Waals surface area contributed by atoms with Gasteiger partial charge in [-0.15, -0.1) is 0 Å². The van der Waals surface area contributed by atoms with E-state index in [0.717, 1.165) is 12.3 Å². The van der Waals surface area contributed by atoms with E-state index in [-0.39, 0.29) is 28.4 Å². The molecule has 0 saturated heterocycles. The van der Waals surface area contributed by atoms with Crippen molar-refractivity contribution in [3.63, 3.8) is 0 Å². The number of alkyl halides is 3. The van der Waals surface area contributed by atoms with Gasteiger partial charge in [0.1, 0.15) is 12.2 Å². The summed E-state index contributed by atoms with van der Waals surface area (Å²) in [7, 11) is 0. The number of nitrogens with one attached hydrogen (secondary N) is 2. The molecule has 2 heterocycles. The highest BCUT2D eigenvalue weighted by molar-refractivity contribution is 6.38. The van der Waals surface area contributed by atoms with Gasteiger partial charge in [0.2, 0.25) is 5.82 Å². The number of carbonyl (C=O) groups excluding carboxylic acids is 1. The van der Waals surface area contributed by atoms with Crippen LogP contribution in [0.4, 0.5) is 24.7 Å². The Hall–Kier alpha value is -3.01. The Morgan fingerprint density at radius 1 is 1.09 bits per heavy atom. The second kappa shape index (κ2) is 9.64. The predicted molar refractivity (Wildman–Crippen MR) is 116 cm³/mol. The molecular formula is C21H17Cl2F3N5O+. The number of anilines is 1. The van der Waals surface area contributed by atoms with Crippen molar-refractivity contribution >= 4 is 46.3 Å². The maximum absolute atomic E-state index is 12.7. The molecule has 11 heteroatoms. The molecule has 2 aromatic heterocycles. The molecule has 3 aromatic rings. The lowest BCUT2D eigenvalue weighted by molar-refractivity contribution is -0.592. The summed E-state index contributed by atoms with van der Waals surface area (Å²) in [6, 6.07) is 8.72. The van der Waals surface area contributed by atoms with Crippen LogP contribution in [0.3, 0.4) is 0 Å². The van der Waals surface area contributed by atoms with E-state index in [1.807, 2.05) is 0 Å². The number of halogens is 5. The van der Waals surface area contributed by atoms with Crippen molar-refractivity contribution in [2.45, 2.75) is 19.6 Å². The van der Waals surface area contributed by atoms with Crippen LogP contribution in [0.1, 0.15) is 34.1 Å². The van der Waals surface area contributed by atoms with Crippen molar-refractivity contribution in [2.24, 2.45) is 0 Å². The molecule has 0 radical (unpaired) electrons. The zero-order chi connectivity index (χ0) is 23.5. The van der Waals surface area contributed by atoms with Crippen molar-refractivity contribution in [1.29, 1.82) is 5.41 Å². The minimum Gasteiger partial charge on any atom is -0.322 e. The first kappa shape index (κ1) is 23.6. The number of nitrogens with two attached hydrogens (primary N) is 1. The van der Waals surface area contributed by atoms with E-state index in [2.05, 4.69) is 15.3 Å². The van der Waals surface area contributed by atoms with Crippen LogP contribution in [0.15, 0.2) is 48.8 Å². The lowest BCUT2D eigenvalue weighted by Gasteiger charge is -2.12. The average molecular weight is 483 g/mol. The van der Waals surface area contributed by atoms with Crippen molar-refractivity contribution in [2.75, 3.05) is 5.32 Å². The summed E-state index contributed by atoms with van der Waals surface area (Å²) in [6.07, 6.45) is -2.09. The molecule has 0 aliphatic carbocycles. The number of aromatic nitrogens is 2. The number of rotatable bonds is 6.